The van der Waals surface area contributed by atoms with Crippen LogP contribution in [-0.4, -0.2) is 29.7 Å². The quantitative estimate of drug-likeness (QED) is 0.478. The molecule has 1 aliphatic carbocycles. The van der Waals surface area contributed by atoms with Crippen LogP contribution in [-0.2, 0) is 4.79 Å². The van der Waals surface area contributed by atoms with Gasteiger partial charge in [-0.1, -0.05) is 12.8 Å². The van der Waals surface area contributed by atoms with E-state index in [2.05, 4.69) is 10.6 Å². The van der Waals surface area contributed by atoms with Crippen molar-refractivity contribution < 1.29 is 9.90 Å². The fourth-order valence-electron chi connectivity index (χ4n) is 1.81. The van der Waals surface area contributed by atoms with Crippen molar-refractivity contribution in [2.75, 3.05) is 6.54 Å². The van der Waals surface area contributed by atoms with Crippen molar-refractivity contribution in [2.45, 2.75) is 44.8 Å². The van der Waals surface area contributed by atoms with Crippen LogP contribution < -0.4 is 10.6 Å². The van der Waals surface area contributed by atoms with Gasteiger partial charge < -0.3 is 15.7 Å². The third-order valence-corrected chi connectivity index (χ3v) is 2.72. The molecule has 1 saturated carbocycles. The fourth-order valence-corrected chi connectivity index (χ4v) is 1.81. The zero-order valence-corrected chi connectivity index (χ0v) is 10.1. The number of aliphatic hydroxyl groups excluding tert-OH is 1. The van der Waals surface area contributed by atoms with Crippen molar-refractivity contribution in [1.82, 2.24) is 10.6 Å². The van der Waals surface area contributed by atoms with Gasteiger partial charge in [0.05, 0.1) is 6.10 Å². The average Bonchev–Trinajstić information content (AvgIpc) is 2.76. The number of amides is 1. The highest BCUT2D eigenvalue weighted by Gasteiger charge is 2.19. The molecule has 94 valence electrons. The summed E-state index contributed by atoms with van der Waals surface area (Å²) in [5.74, 6) is -0.336. The van der Waals surface area contributed by atoms with Gasteiger partial charge in [-0.25, -0.2) is 0 Å². The molecule has 0 aromatic carbocycles. The second kappa shape index (κ2) is 6.92. The summed E-state index contributed by atoms with van der Waals surface area (Å²) < 4.78 is 0. The molecule has 1 aliphatic rings. The average molecular weight is 237 g/mol. The molecule has 1 unspecified atom stereocenters. The van der Waals surface area contributed by atoms with Crippen molar-refractivity contribution in [3.63, 3.8) is 0 Å². The zero-order chi connectivity index (χ0) is 12.7. The Balaban J connectivity index is 2.43. The Hall–Kier alpha value is -1.54. The van der Waals surface area contributed by atoms with E-state index in [-0.39, 0.29) is 17.5 Å². The van der Waals surface area contributed by atoms with E-state index in [1.807, 2.05) is 6.07 Å². The lowest BCUT2D eigenvalue weighted by molar-refractivity contribution is -0.117. The molecule has 0 radical (unpaired) electrons. The molecule has 0 aromatic rings. The molecule has 0 aliphatic heterocycles. The molecule has 0 bridgehead atoms. The molecule has 0 saturated heterocycles. The predicted molar refractivity (Wildman–Crippen MR) is 63.8 cm³/mol. The lowest BCUT2D eigenvalue weighted by Crippen LogP contribution is -2.34. The van der Waals surface area contributed by atoms with Crippen molar-refractivity contribution >= 4 is 5.91 Å². The zero-order valence-electron chi connectivity index (χ0n) is 10.1. The molecule has 1 fully saturated rings. The predicted octanol–water partition coefficient (Wildman–Crippen LogP) is 0.423. The van der Waals surface area contributed by atoms with Gasteiger partial charge in [0.25, 0.3) is 5.91 Å². The Morgan fingerprint density at radius 1 is 1.59 bits per heavy atom. The molecule has 1 atom stereocenters. The Morgan fingerprint density at radius 2 is 2.24 bits per heavy atom. The molecule has 17 heavy (non-hydrogen) atoms. The lowest BCUT2D eigenvalue weighted by Gasteiger charge is -2.11. The Kier molecular flexibility index (Phi) is 5.50. The van der Waals surface area contributed by atoms with E-state index in [0.29, 0.717) is 6.54 Å². The Morgan fingerprint density at radius 3 is 2.76 bits per heavy atom. The molecule has 0 spiro atoms. The maximum atomic E-state index is 11.7. The van der Waals surface area contributed by atoms with Gasteiger partial charge in [0, 0.05) is 18.8 Å². The molecule has 5 heteroatoms. The number of rotatable bonds is 5. The van der Waals surface area contributed by atoms with Crippen LogP contribution in [0.25, 0.3) is 0 Å². The van der Waals surface area contributed by atoms with Crippen molar-refractivity contribution in [3.8, 4) is 6.07 Å². The SMILES string of the molecule is CC(O)CN/C=C(/C#N)C(=O)NC1CCCC1. The van der Waals surface area contributed by atoms with Gasteiger partial charge in [0.2, 0.25) is 0 Å². The highest BCUT2D eigenvalue weighted by Crippen LogP contribution is 2.17. The Labute approximate surface area is 102 Å². The van der Waals surface area contributed by atoms with Crippen molar-refractivity contribution in [2.24, 2.45) is 0 Å². The highest BCUT2D eigenvalue weighted by molar-refractivity contribution is 5.97. The van der Waals surface area contributed by atoms with Gasteiger partial charge in [0.15, 0.2) is 0 Å². The van der Waals surface area contributed by atoms with Crippen LogP contribution in [0.5, 0.6) is 0 Å². The lowest BCUT2D eigenvalue weighted by atomic mass is 10.2. The van der Waals surface area contributed by atoms with Crippen LogP contribution >= 0.6 is 0 Å². The van der Waals surface area contributed by atoms with E-state index in [9.17, 15) is 4.79 Å². The van der Waals surface area contributed by atoms with Gasteiger partial charge in [-0.2, -0.15) is 5.26 Å². The first-order valence-corrected chi connectivity index (χ1v) is 5.96. The fraction of sp³-hybridized carbons (Fsp3) is 0.667. The molecule has 3 N–H and O–H groups in total. The minimum atomic E-state index is -0.510. The maximum Gasteiger partial charge on any atom is 0.263 e. The van der Waals surface area contributed by atoms with Crippen LogP contribution in [0.2, 0.25) is 0 Å². The van der Waals surface area contributed by atoms with E-state index in [4.69, 9.17) is 10.4 Å². The maximum absolute atomic E-state index is 11.7. The molecular formula is C12H19N3O2. The third kappa shape index (κ3) is 4.87. The van der Waals surface area contributed by atoms with Crippen LogP contribution in [0.3, 0.4) is 0 Å². The van der Waals surface area contributed by atoms with E-state index < -0.39 is 6.10 Å². The molecular weight excluding hydrogens is 218 g/mol. The second-order valence-corrected chi connectivity index (χ2v) is 4.38. The number of nitriles is 1. The van der Waals surface area contributed by atoms with Crippen LogP contribution in [0.4, 0.5) is 0 Å². The molecule has 0 heterocycles. The standard InChI is InChI=1S/C12H19N3O2/c1-9(16)7-14-8-10(6-13)12(17)15-11-4-2-3-5-11/h8-9,11,14,16H,2-5,7H2,1H3,(H,15,17)/b10-8-. The van der Waals surface area contributed by atoms with Crippen LogP contribution in [0, 0.1) is 11.3 Å². The Bertz CT molecular complexity index is 325. The summed E-state index contributed by atoms with van der Waals surface area (Å²) in [6, 6.07) is 2.06. The minimum absolute atomic E-state index is 0.0533. The number of hydrogen-bond donors (Lipinski definition) is 3. The van der Waals surface area contributed by atoms with Crippen LogP contribution in [0.15, 0.2) is 11.8 Å². The smallest absolute Gasteiger partial charge is 0.263 e. The van der Waals surface area contributed by atoms with Gasteiger partial charge in [-0.15, -0.1) is 0 Å². The topological polar surface area (TPSA) is 85.2 Å². The summed E-state index contributed by atoms with van der Waals surface area (Å²) in [7, 11) is 0. The van der Waals surface area contributed by atoms with E-state index in [1.54, 1.807) is 6.92 Å². The number of carbonyl (C=O) groups excluding carboxylic acids is 1. The van der Waals surface area contributed by atoms with E-state index >= 15 is 0 Å². The molecule has 1 amide bonds. The molecule has 1 rings (SSSR count). The van der Waals surface area contributed by atoms with Gasteiger partial charge in [0.1, 0.15) is 11.6 Å². The number of nitrogens with zero attached hydrogens (tertiary/aromatic N) is 1. The van der Waals surface area contributed by atoms with Crippen molar-refractivity contribution in [1.29, 1.82) is 5.26 Å². The second-order valence-electron chi connectivity index (χ2n) is 4.38. The number of nitrogens with one attached hydrogen (secondary N) is 2. The highest BCUT2D eigenvalue weighted by atomic mass is 16.3. The first-order chi connectivity index (χ1) is 8.13. The normalized spacial score (nSPS) is 18.5. The molecule has 0 aromatic heterocycles. The summed E-state index contributed by atoms with van der Waals surface area (Å²) in [6.07, 6.45) is 5.10. The third-order valence-electron chi connectivity index (χ3n) is 2.72. The number of aliphatic hydroxyl groups is 1. The summed E-state index contributed by atoms with van der Waals surface area (Å²) in [6.45, 7) is 1.95. The number of carbonyl (C=O) groups is 1. The minimum Gasteiger partial charge on any atom is -0.392 e. The molecule has 5 nitrogen and oxygen atoms in total. The van der Waals surface area contributed by atoms with Crippen LogP contribution in [0.1, 0.15) is 32.6 Å². The first kappa shape index (κ1) is 13.5. The summed E-state index contributed by atoms with van der Waals surface area (Å²) in [4.78, 5) is 11.7. The van der Waals surface area contributed by atoms with E-state index in [1.165, 1.54) is 6.20 Å². The summed E-state index contributed by atoms with van der Waals surface area (Å²) in [5, 5.41) is 23.5. The van der Waals surface area contributed by atoms with Gasteiger partial charge in [-0.05, 0) is 19.8 Å². The monoisotopic (exact) mass is 237 g/mol. The first-order valence-electron chi connectivity index (χ1n) is 5.96. The van der Waals surface area contributed by atoms with E-state index in [0.717, 1.165) is 25.7 Å². The number of hydrogen-bond acceptors (Lipinski definition) is 4. The summed E-state index contributed by atoms with van der Waals surface area (Å²) in [5.41, 5.74) is 0.0533. The van der Waals surface area contributed by atoms with Gasteiger partial charge in [-0.3, -0.25) is 4.79 Å². The summed E-state index contributed by atoms with van der Waals surface area (Å²) >= 11 is 0. The largest absolute Gasteiger partial charge is 0.392 e. The van der Waals surface area contributed by atoms with Gasteiger partial charge >= 0.3 is 0 Å². The van der Waals surface area contributed by atoms with Crippen molar-refractivity contribution in [3.05, 3.63) is 11.8 Å².